The van der Waals surface area contributed by atoms with Gasteiger partial charge in [-0.3, -0.25) is 0 Å². The van der Waals surface area contributed by atoms with E-state index in [-0.39, 0.29) is 10.1 Å². The molecule has 0 atom stereocenters. The molecule has 2 rings (SSSR count). The van der Waals surface area contributed by atoms with Crippen LogP contribution in [0.15, 0.2) is 36.4 Å². The van der Waals surface area contributed by atoms with Gasteiger partial charge in [0.05, 0.1) is 21.4 Å². The van der Waals surface area contributed by atoms with Crippen LogP contribution < -0.4 is 10.6 Å². The fraction of sp³-hybridized carbons (Fsp3) is 0. The Bertz CT molecular complexity index is 609. The lowest BCUT2D eigenvalue weighted by Crippen LogP contribution is -2.19. The molecular weight excluding hydrogens is 342 g/mol. The fourth-order valence-electron chi connectivity index (χ4n) is 1.46. The number of thiocarbonyl (C=S) groups is 1. The first-order valence-corrected chi connectivity index (χ1v) is 6.98. The molecule has 7 heteroatoms. The molecule has 0 bridgehead atoms. The number of benzene rings is 2. The van der Waals surface area contributed by atoms with Gasteiger partial charge in [0.15, 0.2) is 5.11 Å². The van der Waals surface area contributed by atoms with Crippen LogP contribution in [0.5, 0.6) is 0 Å². The van der Waals surface area contributed by atoms with Crippen molar-refractivity contribution < 1.29 is 4.39 Å². The van der Waals surface area contributed by atoms with E-state index in [2.05, 4.69) is 10.6 Å². The minimum Gasteiger partial charge on any atom is -0.331 e. The van der Waals surface area contributed by atoms with E-state index in [4.69, 9.17) is 47.0 Å². The van der Waals surface area contributed by atoms with Crippen molar-refractivity contribution in [1.29, 1.82) is 0 Å². The smallest absolute Gasteiger partial charge is 0.175 e. The lowest BCUT2D eigenvalue weighted by Gasteiger charge is -2.13. The Balaban J connectivity index is 2.09. The van der Waals surface area contributed by atoms with Gasteiger partial charge in [-0.15, -0.1) is 0 Å². The predicted molar refractivity (Wildman–Crippen MR) is 87.7 cm³/mol. The van der Waals surface area contributed by atoms with Crippen LogP contribution in [0, 0.1) is 5.82 Å². The minimum absolute atomic E-state index is 0.233. The summed E-state index contributed by atoms with van der Waals surface area (Å²) in [4.78, 5) is 0. The van der Waals surface area contributed by atoms with Crippen molar-refractivity contribution in [3.05, 3.63) is 57.3 Å². The Morgan fingerprint density at radius 2 is 1.45 bits per heavy atom. The molecule has 0 saturated carbocycles. The molecule has 0 amide bonds. The van der Waals surface area contributed by atoms with Gasteiger partial charge < -0.3 is 10.6 Å². The van der Waals surface area contributed by atoms with Crippen LogP contribution >= 0.6 is 47.0 Å². The summed E-state index contributed by atoms with van der Waals surface area (Å²) < 4.78 is 12.9. The molecule has 0 aliphatic rings. The van der Waals surface area contributed by atoms with E-state index in [9.17, 15) is 4.39 Å². The summed E-state index contributed by atoms with van der Waals surface area (Å²) in [6.07, 6.45) is 0. The third-order valence-corrected chi connectivity index (χ3v) is 3.42. The van der Waals surface area contributed by atoms with Crippen LogP contribution in [0.25, 0.3) is 0 Å². The molecule has 2 aromatic rings. The first kappa shape index (κ1) is 15.3. The van der Waals surface area contributed by atoms with Crippen LogP contribution in [0.3, 0.4) is 0 Å². The summed E-state index contributed by atoms with van der Waals surface area (Å²) in [7, 11) is 0. The molecule has 2 N–H and O–H groups in total. The lowest BCUT2D eigenvalue weighted by molar-refractivity contribution is 0.628. The van der Waals surface area contributed by atoms with E-state index in [1.807, 2.05) is 0 Å². The molecule has 0 aliphatic carbocycles. The first-order valence-electron chi connectivity index (χ1n) is 5.44. The number of nitrogens with one attached hydrogen (secondary N) is 2. The fourth-order valence-corrected chi connectivity index (χ4v) is 2.35. The van der Waals surface area contributed by atoms with Gasteiger partial charge in [-0.1, -0.05) is 34.8 Å². The highest BCUT2D eigenvalue weighted by molar-refractivity contribution is 7.80. The molecular formula is C13H8Cl3FN2S. The monoisotopic (exact) mass is 348 g/mol. The SMILES string of the molecule is Fc1ccc(NC(=S)Nc2ccc(Cl)cc2Cl)c(Cl)c1. The van der Waals surface area contributed by atoms with Crippen molar-refractivity contribution in [3.63, 3.8) is 0 Å². The van der Waals surface area contributed by atoms with Gasteiger partial charge in [0.1, 0.15) is 5.82 Å². The molecule has 2 aromatic carbocycles. The van der Waals surface area contributed by atoms with Crippen molar-refractivity contribution in [1.82, 2.24) is 0 Å². The summed E-state index contributed by atoms with van der Waals surface area (Å²) in [5, 5.41) is 7.24. The highest BCUT2D eigenvalue weighted by Gasteiger charge is 2.06. The quantitative estimate of drug-likeness (QED) is 0.691. The van der Waals surface area contributed by atoms with Gasteiger partial charge in [0, 0.05) is 5.02 Å². The van der Waals surface area contributed by atoms with Crippen LogP contribution in [0.4, 0.5) is 15.8 Å². The molecule has 0 radical (unpaired) electrons. The lowest BCUT2D eigenvalue weighted by atomic mass is 10.3. The molecule has 0 heterocycles. The Morgan fingerprint density at radius 1 is 0.900 bits per heavy atom. The molecule has 0 unspecified atom stereocenters. The molecule has 20 heavy (non-hydrogen) atoms. The van der Waals surface area contributed by atoms with E-state index in [0.717, 1.165) is 0 Å². The molecule has 104 valence electrons. The normalized spacial score (nSPS) is 10.2. The van der Waals surface area contributed by atoms with Gasteiger partial charge in [-0.25, -0.2) is 4.39 Å². The van der Waals surface area contributed by atoms with E-state index in [1.54, 1.807) is 18.2 Å². The van der Waals surface area contributed by atoms with Crippen LogP contribution in [0.1, 0.15) is 0 Å². The topological polar surface area (TPSA) is 24.1 Å². The average Bonchev–Trinajstić information content (AvgIpc) is 2.36. The minimum atomic E-state index is -0.417. The van der Waals surface area contributed by atoms with Crippen LogP contribution in [-0.2, 0) is 0 Å². The molecule has 0 spiro atoms. The maximum Gasteiger partial charge on any atom is 0.175 e. The first-order chi connectivity index (χ1) is 9.45. The number of anilines is 2. The molecule has 0 aromatic heterocycles. The number of halogens is 4. The highest BCUT2D eigenvalue weighted by atomic mass is 35.5. The molecule has 0 fully saturated rings. The maximum atomic E-state index is 12.9. The second kappa shape index (κ2) is 6.59. The third-order valence-electron chi connectivity index (χ3n) is 2.36. The second-order valence-corrected chi connectivity index (χ2v) is 5.49. The van der Waals surface area contributed by atoms with Crippen molar-refractivity contribution >= 4 is 63.5 Å². The number of hydrogen-bond acceptors (Lipinski definition) is 1. The van der Waals surface area contributed by atoms with Gasteiger partial charge in [-0.2, -0.15) is 0 Å². The molecule has 2 nitrogen and oxygen atoms in total. The van der Waals surface area contributed by atoms with Crippen molar-refractivity contribution in [2.24, 2.45) is 0 Å². The Morgan fingerprint density at radius 3 is 2.00 bits per heavy atom. The highest BCUT2D eigenvalue weighted by Crippen LogP contribution is 2.26. The largest absolute Gasteiger partial charge is 0.331 e. The van der Waals surface area contributed by atoms with E-state index < -0.39 is 5.82 Å². The van der Waals surface area contributed by atoms with Gasteiger partial charge >= 0.3 is 0 Å². The van der Waals surface area contributed by atoms with Crippen LogP contribution in [0.2, 0.25) is 15.1 Å². The zero-order chi connectivity index (χ0) is 14.7. The van der Waals surface area contributed by atoms with Crippen LogP contribution in [-0.4, -0.2) is 5.11 Å². The number of hydrogen-bond donors (Lipinski definition) is 2. The summed E-state index contributed by atoms with van der Waals surface area (Å²) in [5.41, 5.74) is 1.10. The summed E-state index contributed by atoms with van der Waals surface area (Å²) in [6.45, 7) is 0. The Labute approximate surface area is 135 Å². The van der Waals surface area contributed by atoms with Gasteiger partial charge in [0.2, 0.25) is 0 Å². The Hall–Kier alpha value is -1.07. The van der Waals surface area contributed by atoms with E-state index >= 15 is 0 Å². The van der Waals surface area contributed by atoms with E-state index in [0.29, 0.717) is 21.4 Å². The summed E-state index contributed by atoms with van der Waals surface area (Å²) >= 11 is 22.9. The predicted octanol–water partition coefficient (Wildman–Crippen LogP) is 5.59. The average molecular weight is 350 g/mol. The van der Waals surface area contributed by atoms with Crippen molar-refractivity contribution in [2.75, 3.05) is 10.6 Å². The number of rotatable bonds is 2. The van der Waals surface area contributed by atoms with Gasteiger partial charge in [-0.05, 0) is 48.6 Å². The Kier molecular flexibility index (Phi) is 5.05. The van der Waals surface area contributed by atoms with Gasteiger partial charge in [0.25, 0.3) is 0 Å². The zero-order valence-electron chi connectivity index (χ0n) is 9.88. The van der Waals surface area contributed by atoms with E-state index in [1.165, 1.54) is 18.2 Å². The molecule has 0 saturated heterocycles. The summed E-state index contributed by atoms with van der Waals surface area (Å²) in [5.74, 6) is -0.417. The molecule has 0 aliphatic heterocycles. The standard InChI is InChI=1S/C13H8Cl3FN2S/c14-7-1-3-11(9(15)5-7)18-13(20)19-12-4-2-8(17)6-10(12)16/h1-6H,(H2,18,19,20). The second-order valence-electron chi connectivity index (χ2n) is 3.83. The zero-order valence-corrected chi connectivity index (χ0v) is 13.0. The van der Waals surface area contributed by atoms with Crippen molar-refractivity contribution in [3.8, 4) is 0 Å². The third kappa shape index (κ3) is 3.96. The van der Waals surface area contributed by atoms with Crippen molar-refractivity contribution in [2.45, 2.75) is 0 Å². The summed E-state index contributed by atoms with van der Waals surface area (Å²) in [6, 6.07) is 8.95. The maximum absolute atomic E-state index is 12.9.